The number of aryl methyl sites for hydroxylation is 2. The van der Waals surface area contributed by atoms with Crippen LogP contribution in [0.5, 0.6) is 0 Å². The molecule has 4 heteroatoms. The molecule has 0 aromatic carbocycles. The summed E-state index contributed by atoms with van der Waals surface area (Å²) in [6, 6.07) is 0.570. The van der Waals surface area contributed by atoms with Crippen LogP contribution in [0.1, 0.15) is 45.0 Å². The molecule has 1 saturated carbocycles. The van der Waals surface area contributed by atoms with Crippen molar-refractivity contribution in [2.45, 2.75) is 59.5 Å². The van der Waals surface area contributed by atoms with Crippen LogP contribution in [0.3, 0.4) is 0 Å². The van der Waals surface area contributed by atoms with Crippen LogP contribution in [0.15, 0.2) is 4.47 Å². The van der Waals surface area contributed by atoms with Gasteiger partial charge < -0.3 is 5.32 Å². The number of nitrogens with one attached hydrogen (secondary N) is 1. The lowest BCUT2D eigenvalue weighted by molar-refractivity contribution is 0.352. The van der Waals surface area contributed by atoms with Gasteiger partial charge in [0.15, 0.2) is 0 Å². The van der Waals surface area contributed by atoms with E-state index < -0.39 is 0 Å². The van der Waals surface area contributed by atoms with E-state index in [0.29, 0.717) is 11.5 Å². The Kier molecular flexibility index (Phi) is 4.17. The predicted octanol–water partition coefficient (Wildman–Crippen LogP) is 3.29. The number of hydrogen-bond donors (Lipinski definition) is 1. The zero-order valence-electron chi connectivity index (χ0n) is 11.9. The number of halogens is 1. The number of rotatable bonds is 6. The molecule has 2 rings (SSSR count). The van der Waals surface area contributed by atoms with Gasteiger partial charge in [-0.15, -0.1) is 0 Å². The van der Waals surface area contributed by atoms with Crippen molar-refractivity contribution in [2.75, 3.05) is 6.54 Å². The molecule has 3 nitrogen and oxygen atoms in total. The van der Waals surface area contributed by atoms with E-state index >= 15 is 0 Å². The molecule has 1 aromatic rings. The molecule has 1 aliphatic rings. The highest BCUT2D eigenvalue weighted by Gasteiger charge is 2.44. The second-order valence-electron chi connectivity index (χ2n) is 5.63. The zero-order chi connectivity index (χ0) is 13.3. The summed E-state index contributed by atoms with van der Waals surface area (Å²) < 4.78 is 3.33. The maximum atomic E-state index is 4.59. The normalized spacial score (nSPS) is 18.9. The molecule has 0 amide bonds. The first-order valence-electron chi connectivity index (χ1n) is 6.97. The fourth-order valence-corrected chi connectivity index (χ4v) is 3.06. The first-order chi connectivity index (χ1) is 8.51. The topological polar surface area (TPSA) is 29.9 Å². The highest BCUT2D eigenvalue weighted by Crippen LogP contribution is 2.49. The fourth-order valence-electron chi connectivity index (χ4n) is 2.61. The van der Waals surface area contributed by atoms with E-state index in [4.69, 9.17) is 0 Å². The lowest BCUT2D eigenvalue weighted by atomic mass is 9.94. The maximum absolute atomic E-state index is 4.59. The Bertz CT molecular complexity index is 421. The molecule has 1 N–H and O–H groups in total. The lowest BCUT2D eigenvalue weighted by Gasteiger charge is -2.25. The van der Waals surface area contributed by atoms with Crippen LogP contribution in [-0.2, 0) is 13.0 Å². The van der Waals surface area contributed by atoms with Crippen LogP contribution >= 0.6 is 15.9 Å². The van der Waals surface area contributed by atoms with Crippen molar-refractivity contribution in [3.05, 3.63) is 15.9 Å². The van der Waals surface area contributed by atoms with Crippen LogP contribution in [0.4, 0.5) is 0 Å². The van der Waals surface area contributed by atoms with Crippen LogP contribution < -0.4 is 5.32 Å². The van der Waals surface area contributed by atoms with Crippen LogP contribution in [0.25, 0.3) is 0 Å². The Labute approximate surface area is 118 Å². The molecule has 1 aromatic heterocycles. The van der Waals surface area contributed by atoms with Crippen molar-refractivity contribution >= 4 is 15.9 Å². The molecular formula is C14H24BrN3. The third-order valence-corrected chi connectivity index (χ3v) is 5.21. The van der Waals surface area contributed by atoms with Crippen LogP contribution in [0.2, 0.25) is 0 Å². The van der Waals surface area contributed by atoms with Gasteiger partial charge in [-0.25, -0.2) is 0 Å². The SMILES string of the molecule is CCNC(Cc1c(Br)c(C)nn1CC)C1(C)CC1. The van der Waals surface area contributed by atoms with Gasteiger partial charge in [-0.2, -0.15) is 5.10 Å². The first kappa shape index (κ1) is 14.1. The number of likely N-dealkylation sites (N-methyl/N-ethyl adjacent to an activating group) is 1. The second-order valence-corrected chi connectivity index (χ2v) is 6.42. The molecule has 0 saturated heterocycles. The summed E-state index contributed by atoms with van der Waals surface area (Å²) >= 11 is 3.70. The van der Waals surface area contributed by atoms with Gasteiger partial charge in [0.25, 0.3) is 0 Å². The van der Waals surface area contributed by atoms with E-state index in [-0.39, 0.29) is 0 Å². The molecule has 0 radical (unpaired) electrons. The molecular weight excluding hydrogens is 290 g/mol. The quantitative estimate of drug-likeness (QED) is 0.873. The Balaban J connectivity index is 2.20. The van der Waals surface area contributed by atoms with E-state index in [1.807, 2.05) is 0 Å². The Hall–Kier alpha value is -0.350. The minimum absolute atomic E-state index is 0.492. The van der Waals surface area contributed by atoms with Gasteiger partial charge in [0.1, 0.15) is 0 Å². The number of nitrogens with zero attached hydrogens (tertiary/aromatic N) is 2. The Morgan fingerprint density at radius 2 is 2.11 bits per heavy atom. The molecule has 0 aliphatic heterocycles. The molecule has 1 atom stereocenters. The summed E-state index contributed by atoms with van der Waals surface area (Å²) in [5, 5.41) is 8.25. The summed E-state index contributed by atoms with van der Waals surface area (Å²) in [7, 11) is 0. The third-order valence-electron chi connectivity index (χ3n) is 4.18. The number of hydrogen-bond acceptors (Lipinski definition) is 2. The average molecular weight is 314 g/mol. The highest BCUT2D eigenvalue weighted by molar-refractivity contribution is 9.10. The van der Waals surface area contributed by atoms with Gasteiger partial charge in [0, 0.05) is 19.0 Å². The summed E-state index contributed by atoms with van der Waals surface area (Å²) in [6.45, 7) is 10.8. The third kappa shape index (κ3) is 2.64. The van der Waals surface area contributed by atoms with Crippen molar-refractivity contribution < 1.29 is 0 Å². The van der Waals surface area contributed by atoms with Crippen molar-refractivity contribution in [2.24, 2.45) is 5.41 Å². The van der Waals surface area contributed by atoms with Gasteiger partial charge in [-0.05, 0) is 54.6 Å². The summed E-state index contributed by atoms with van der Waals surface area (Å²) in [4.78, 5) is 0. The Morgan fingerprint density at radius 1 is 1.44 bits per heavy atom. The molecule has 1 heterocycles. The van der Waals surface area contributed by atoms with E-state index in [9.17, 15) is 0 Å². The smallest absolute Gasteiger partial charge is 0.0738 e. The van der Waals surface area contributed by atoms with Crippen LogP contribution in [-0.4, -0.2) is 22.4 Å². The molecule has 0 spiro atoms. The number of aromatic nitrogens is 2. The van der Waals surface area contributed by atoms with Gasteiger partial charge in [-0.3, -0.25) is 4.68 Å². The van der Waals surface area contributed by atoms with Gasteiger partial charge in [0.05, 0.1) is 15.9 Å². The molecule has 102 valence electrons. The van der Waals surface area contributed by atoms with Crippen molar-refractivity contribution in [3.63, 3.8) is 0 Å². The van der Waals surface area contributed by atoms with E-state index in [0.717, 1.165) is 25.2 Å². The van der Waals surface area contributed by atoms with E-state index in [1.54, 1.807) is 0 Å². The monoisotopic (exact) mass is 313 g/mol. The second kappa shape index (κ2) is 5.33. The molecule has 1 aliphatic carbocycles. The largest absolute Gasteiger partial charge is 0.313 e. The predicted molar refractivity (Wildman–Crippen MR) is 78.8 cm³/mol. The lowest BCUT2D eigenvalue weighted by Crippen LogP contribution is -2.38. The average Bonchev–Trinajstić information content (AvgIpc) is 3.04. The van der Waals surface area contributed by atoms with Crippen molar-refractivity contribution in [1.82, 2.24) is 15.1 Å². The standard InChI is InChI=1S/C14H24BrN3/c1-5-16-12(14(4)7-8-14)9-11-13(15)10(3)17-18(11)6-2/h12,16H,5-9H2,1-4H3. The minimum atomic E-state index is 0.492. The van der Waals surface area contributed by atoms with Gasteiger partial charge >= 0.3 is 0 Å². The summed E-state index contributed by atoms with van der Waals surface area (Å²) in [6.07, 6.45) is 3.77. The fraction of sp³-hybridized carbons (Fsp3) is 0.786. The summed E-state index contributed by atoms with van der Waals surface area (Å²) in [5.74, 6) is 0. The first-order valence-corrected chi connectivity index (χ1v) is 7.76. The molecule has 18 heavy (non-hydrogen) atoms. The molecule has 1 fully saturated rings. The van der Waals surface area contributed by atoms with Crippen molar-refractivity contribution in [1.29, 1.82) is 0 Å². The Morgan fingerprint density at radius 3 is 2.61 bits per heavy atom. The summed E-state index contributed by atoms with van der Waals surface area (Å²) in [5.41, 5.74) is 2.93. The molecule has 1 unspecified atom stereocenters. The minimum Gasteiger partial charge on any atom is -0.313 e. The van der Waals surface area contributed by atoms with E-state index in [2.05, 4.69) is 58.7 Å². The molecule has 0 bridgehead atoms. The van der Waals surface area contributed by atoms with Crippen molar-refractivity contribution in [3.8, 4) is 0 Å². The maximum Gasteiger partial charge on any atom is 0.0738 e. The van der Waals surface area contributed by atoms with Gasteiger partial charge in [0.2, 0.25) is 0 Å². The van der Waals surface area contributed by atoms with Crippen LogP contribution in [0, 0.1) is 12.3 Å². The van der Waals surface area contributed by atoms with E-state index in [1.165, 1.54) is 23.0 Å². The zero-order valence-corrected chi connectivity index (χ0v) is 13.5. The van der Waals surface area contributed by atoms with Gasteiger partial charge in [-0.1, -0.05) is 13.8 Å². The highest BCUT2D eigenvalue weighted by atomic mass is 79.9.